The molecule has 1 atom stereocenters. The summed E-state index contributed by atoms with van der Waals surface area (Å²) in [5.74, 6) is -0.165. The monoisotopic (exact) mass is 364 g/mol. The van der Waals surface area contributed by atoms with Crippen LogP contribution in [0.1, 0.15) is 48.0 Å². The van der Waals surface area contributed by atoms with Gasteiger partial charge >= 0.3 is 0 Å². The van der Waals surface area contributed by atoms with Gasteiger partial charge in [-0.15, -0.1) is 0 Å². The highest BCUT2D eigenvalue weighted by atomic mass is 16.2. The number of benzene rings is 2. The quantitative estimate of drug-likeness (QED) is 0.877. The molecule has 27 heavy (non-hydrogen) atoms. The number of likely N-dealkylation sites (tertiary alicyclic amines) is 1. The van der Waals surface area contributed by atoms with Crippen molar-refractivity contribution in [2.24, 2.45) is 0 Å². The molecule has 2 amide bonds. The molecular formula is C23H28N2O2. The van der Waals surface area contributed by atoms with Crippen molar-refractivity contribution in [1.82, 2.24) is 10.2 Å². The third-order valence-corrected chi connectivity index (χ3v) is 5.09. The minimum Gasteiger partial charge on any atom is -0.341 e. The number of nitrogens with zero attached hydrogens (tertiary/aromatic N) is 1. The van der Waals surface area contributed by atoms with Gasteiger partial charge in [0.25, 0.3) is 5.91 Å². The van der Waals surface area contributed by atoms with E-state index in [0.29, 0.717) is 12.0 Å². The Labute approximate surface area is 161 Å². The van der Waals surface area contributed by atoms with Gasteiger partial charge in [0.2, 0.25) is 5.91 Å². The zero-order valence-corrected chi connectivity index (χ0v) is 15.8. The second-order valence-electron chi connectivity index (χ2n) is 7.17. The summed E-state index contributed by atoms with van der Waals surface area (Å²) in [7, 11) is 0. The average molecular weight is 364 g/mol. The summed E-state index contributed by atoms with van der Waals surface area (Å²) >= 11 is 0. The largest absolute Gasteiger partial charge is 0.341 e. The van der Waals surface area contributed by atoms with Crippen molar-refractivity contribution in [2.75, 3.05) is 13.1 Å². The van der Waals surface area contributed by atoms with Gasteiger partial charge in [-0.05, 0) is 30.5 Å². The number of carbonyl (C=O) groups excluding carboxylic acids is 2. The Balaban J connectivity index is 1.75. The van der Waals surface area contributed by atoms with Gasteiger partial charge in [-0.2, -0.15) is 0 Å². The number of rotatable bonds is 5. The van der Waals surface area contributed by atoms with Gasteiger partial charge in [0.1, 0.15) is 6.04 Å². The summed E-state index contributed by atoms with van der Waals surface area (Å²) in [6.45, 7) is 1.57. The number of nitrogens with one attached hydrogen (secondary N) is 1. The molecule has 1 aliphatic rings. The van der Waals surface area contributed by atoms with Gasteiger partial charge in [0, 0.05) is 25.1 Å². The lowest BCUT2D eigenvalue weighted by Crippen LogP contribution is -2.50. The Kier molecular flexibility index (Phi) is 7.03. The first-order valence-corrected chi connectivity index (χ1v) is 9.92. The van der Waals surface area contributed by atoms with E-state index in [2.05, 4.69) is 5.32 Å². The van der Waals surface area contributed by atoms with Gasteiger partial charge < -0.3 is 10.2 Å². The van der Waals surface area contributed by atoms with Crippen molar-refractivity contribution in [3.8, 4) is 0 Å². The molecule has 0 unspecified atom stereocenters. The van der Waals surface area contributed by atoms with E-state index in [9.17, 15) is 9.59 Å². The number of hydrogen-bond acceptors (Lipinski definition) is 2. The molecule has 1 fully saturated rings. The van der Waals surface area contributed by atoms with Gasteiger partial charge in [0.05, 0.1) is 0 Å². The minimum absolute atomic E-state index is 0.0324. The third kappa shape index (κ3) is 5.68. The lowest BCUT2D eigenvalue weighted by atomic mass is 10.0. The lowest BCUT2D eigenvalue weighted by molar-refractivity contribution is -0.133. The Bertz CT molecular complexity index is 723. The zero-order chi connectivity index (χ0) is 18.9. The Morgan fingerprint density at radius 3 is 2.00 bits per heavy atom. The zero-order valence-electron chi connectivity index (χ0n) is 15.8. The van der Waals surface area contributed by atoms with Crippen LogP contribution in [0.3, 0.4) is 0 Å². The molecular weight excluding hydrogens is 336 g/mol. The molecule has 1 aliphatic heterocycles. The van der Waals surface area contributed by atoms with Crippen molar-refractivity contribution in [2.45, 2.75) is 44.6 Å². The van der Waals surface area contributed by atoms with E-state index in [1.807, 2.05) is 53.4 Å². The second-order valence-corrected chi connectivity index (χ2v) is 7.17. The Morgan fingerprint density at radius 2 is 1.37 bits per heavy atom. The molecule has 0 aromatic heterocycles. The molecule has 0 saturated carbocycles. The molecule has 0 aliphatic carbocycles. The third-order valence-electron chi connectivity index (χ3n) is 5.09. The maximum absolute atomic E-state index is 13.2. The predicted octanol–water partition coefficient (Wildman–Crippen LogP) is 3.82. The van der Waals surface area contributed by atoms with Crippen LogP contribution in [-0.2, 0) is 11.2 Å². The van der Waals surface area contributed by atoms with E-state index in [1.54, 1.807) is 12.1 Å². The van der Waals surface area contributed by atoms with Crippen molar-refractivity contribution in [3.05, 3.63) is 71.8 Å². The van der Waals surface area contributed by atoms with E-state index < -0.39 is 6.04 Å². The molecule has 0 radical (unpaired) electrons. The summed E-state index contributed by atoms with van der Waals surface area (Å²) in [5, 5.41) is 2.98. The van der Waals surface area contributed by atoms with Crippen LogP contribution in [-0.4, -0.2) is 35.8 Å². The van der Waals surface area contributed by atoms with E-state index in [4.69, 9.17) is 0 Å². The van der Waals surface area contributed by atoms with Gasteiger partial charge in [-0.1, -0.05) is 67.8 Å². The summed E-state index contributed by atoms with van der Waals surface area (Å²) in [6.07, 6.45) is 6.18. The molecule has 1 N–H and O–H groups in total. The van der Waals surface area contributed by atoms with Crippen molar-refractivity contribution in [1.29, 1.82) is 0 Å². The van der Waals surface area contributed by atoms with Crippen LogP contribution in [0.5, 0.6) is 0 Å². The van der Waals surface area contributed by atoms with Crippen LogP contribution in [0, 0.1) is 0 Å². The molecule has 2 aromatic carbocycles. The fourth-order valence-electron chi connectivity index (χ4n) is 3.57. The highest BCUT2D eigenvalue weighted by Gasteiger charge is 2.26. The highest BCUT2D eigenvalue weighted by molar-refractivity contribution is 5.97. The van der Waals surface area contributed by atoms with Gasteiger partial charge in [0.15, 0.2) is 0 Å². The van der Waals surface area contributed by atoms with E-state index in [0.717, 1.165) is 31.5 Å². The van der Waals surface area contributed by atoms with Crippen LogP contribution in [0.15, 0.2) is 60.7 Å². The molecule has 1 heterocycles. The first-order valence-electron chi connectivity index (χ1n) is 9.92. The molecule has 0 bridgehead atoms. The van der Waals surface area contributed by atoms with E-state index >= 15 is 0 Å². The molecule has 142 valence electrons. The Morgan fingerprint density at radius 1 is 0.815 bits per heavy atom. The van der Waals surface area contributed by atoms with Crippen molar-refractivity contribution < 1.29 is 9.59 Å². The number of amides is 2. The first-order chi connectivity index (χ1) is 13.2. The van der Waals surface area contributed by atoms with Gasteiger partial charge in [-0.25, -0.2) is 0 Å². The first kappa shape index (κ1) is 19.2. The Hall–Kier alpha value is -2.62. The summed E-state index contributed by atoms with van der Waals surface area (Å²) in [6, 6.07) is 18.4. The predicted molar refractivity (Wildman–Crippen MR) is 108 cm³/mol. The van der Waals surface area contributed by atoms with Crippen LogP contribution < -0.4 is 5.32 Å². The number of carbonyl (C=O) groups is 2. The van der Waals surface area contributed by atoms with Crippen molar-refractivity contribution in [3.63, 3.8) is 0 Å². The van der Waals surface area contributed by atoms with Crippen LogP contribution in [0.25, 0.3) is 0 Å². The molecule has 4 nitrogen and oxygen atoms in total. The summed E-state index contributed by atoms with van der Waals surface area (Å²) < 4.78 is 0. The van der Waals surface area contributed by atoms with Crippen LogP contribution >= 0.6 is 0 Å². The molecule has 3 rings (SSSR count). The minimum atomic E-state index is -0.542. The maximum Gasteiger partial charge on any atom is 0.251 e. The molecule has 4 heteroatoms. The molecule has 2 aromatic rings. The molecule has 1 saturated heterocycles. The van der Waals surface area contributed by atoms with Crippen LogP contribution in [0.2, 0.25) is 0 Å². The van der Waals surface area contributed by atoms with Gasteiger partial charge in [-0.3, -0.25) is 9.59 Å². The van der Waals surface area contributed by atoms with E-state index in [1.165, 1.54) is 19.3 Å². The standard InChI is InChI=1S/C23H28N2O2/c26-22(20-14-8-5-9-15-20)24-21(18-19-12-6-4-7-13-19)23(27)25-16-10-2-1-3-11-17-25/h4-9,12-15,21H,1-3,10-11,16-18H2,(H,24,26)/t21-/m0/s1. The SMILES string of the molecule is O=C(N[C@@H](Cc1ccccc1)C(=O)N1CCCCCCC1)c1ccccc1. The number of hydrogen-bond donors (Lipinski definition) is 1. The van der Waals surface area contributed by atoms with E-state index in [-0.39, 0.29) is 11.8 Å². The summed E-state index contributed by atoms with van der Waals surface area (Å²) in [4.78, 5) is 27.9. The fraction of sp³-hybridized carbons (Fsp3) is 0.391. The smallest absolute Gasteiger partial charge is 0.251 e. The average Bonchev–Trinajstić information content (AvgIpc) is 2.68. The normalized spacial score (nSPS) is 16.1. The van der Waals surface area contributed by atoms with Crippen molar-refractivity contribution >= 4 is 11.8 Å². The fourth-order valence-corrected chi connectivity index (χ4v) is 3.57. The van der Waals surface area contributed by atoms with Crippen LogP contribution in [0.4, 0.5) is 0 Å². The topological polar surface area (TPSA) is 49.4 Å². The highest BCUT2D eigenvalue weighted by Crippen LogP contribution is 2.14. The second kappa shape index (κ2) is 9.91. The lowest BCUT2D eigenvalue weighted by Gasteiger charge is -2.29. The maximum atomic E-state index is 13.2. The molecule has 0 spiro atoms. The summed E-state index contributed by atoms with van der Waals surface area (Å²) in [5.41, 5.74) is 1.63.